The molecule has 1 aromatic carbocycles. The van der Waals surface area contributed by atoms with Gasteiger partial charge >= 0.3 is 0 Å². The van der Waals surface area contributed by atoms with Crippen LogP contribution in [0.4, 0.5) is 4.39 Å². The van der Waals surface area contributed by atoms with Gasteiger partial charge in [0.25, 0.3) is 0 Å². The molecule has 0 amide bonds. The molecule has 0 aliphatic heterocycles. The summed E-state index contributed by atoms with van der Waals surface area (Å²) in [7, 11) is -2.62. The van der Waals surface area contributed by atoms with Crippen LogP contribution in [-0.4, -0.2) is 27.7 Å². The van der Waals surface area contributed by atoms with E-state index in [1.165, 1.54) is 13.2 Å². The molecule has 0 atom stereocenters. The van der Waals surface area contributed by atoms with Gasteiger partial charge in [-0.2, -0.15) is 0 Å². The second kappa shape index (κ2) is 6.36. The Balaban J connectivity index is 3.26. The Morgan fingerprint density at radius 1 is 1.45 bits per heavy atom. The average molecular weight is 325 g/mol. The summed E-state index contributed by atoms with van der Waals surface area (Å²) >= 11 is 5.80. The Kier molecular flexibility index (Phi) is 5.51. The maximum absolute atomic E-state index is 14.1. The molecule has 114 valence electrons. The Bertz CT molecular complexity index is 591. The fourth-order valence-corrected chi connectivity index (χ4v) is 3.62. The summed E-state index contributed by atoms with van der Waals surface area (Å²) in [4.78, 5) is -0.519. The van der Waals surface area contributed by atoms with Crippen LogP contribution in [0.3, 0.4) is 0 Å². The molecular weight excluding hydrogens is 307 g/mol. The van der Waals surface area contributed by atoms with E-state index in [1.807, 2.05) is 0 Å². The molecule has 0 aromatic heterocycles. The number of nitrogens with two attached hydrogens (primary N) is 1. The van der Waals surface area contributed by atoms with E-state index in [4.69, 9.17) is 22.1 Å². The van der Waals surface area contributed by atoms with E-state index >= 15 is 0 Å². The van der Waals surface area contributed by atoms with Gasteiger partial charge in [0, 0.05) is 24.2 Å². The third kappa shape index (κ3) is 4.13. The van der Waals surface area contributed by atoms with Gasteiger partial charge in [-0.1, -0.05) is 11.6 Å². The van der Waals surface area contributed by atoms with Crippen molar-refractivity contribution in [1.82, 2.24) is 4.72 Å². The van der Waals surface area contributed by atoms with Gasteiger partial charge in [-0.25, -0.2) is 17.5 Å². The molecule has 5 nitrogen and oxygen atoms in total. The van der Waals surface area contributed by atoms with Crippen molar-refractivity contribution in [2.24, 2.45) is 5.73 Å². The SMILES string of the molecule is COCC(C)(C)NS(=O)(=O)c1cc(Cl)cc(CN)c1F. The number of methoxy groups -OCH3 is 1. The van der Waals surface area contributed by atoms with Gasteiger partial charge in [-0.3, -0.25) is 0 Å². The van der Waals surface area contributed by atoms with Crippen LogP contribution in [0, 0.1) is 5.82 Å². The van der Waals surface area contributed by atoms with Crippen molar-refractivity contribution in [3.63, 3.8) is 0 Å². The predicted molar refractivity (Wildman–Crippen MR) is 75.6 cm³/mol. The van der Waals surface area contributed by atoms with Gasteiger partial charge in [0.15, 0.2) is 0 Å². The number of rotatable bonds is 6. The quantitative estimate of drug-likeness (QED) is 0.833. The highest BCUT2D eigenvalue weighted by molar-refractivity contribution is 7.89. The summed E-state index contributed by atoms with van der Waals surface area (Å²) in [5.74, 6) is -0.891. The molecule has 0 saturated heterocycles. The molecule has 0 aliphatic rings. The van der Waals surface area contributed by atoms with Gasteiger partial charge in [0.1, 0.15) is 10.7 Å². The highest BCUT2D eigenvalue weighted by atomic mass is 35.5. The lowest BCUT2D eigenvalue weighted by Crippen LogP contribution is -2.46. The first-order valence-electron chi connectivity index (χ1n) is 5.84. The van der Waals surface area contributed by atoms with E-state index in [0.29, 0.717) is 0 Å². The Morgan fingerprint density at radius 2 is 2.05 bits per heavy atom. The fourth-order valence-electron chi connectivity index (χ4n) is 1.77. The summed E-state index contributed by atoms with van der Waals surface area (Å²) in [6.45, 7) is 3.25. The zero-order valence-corrected chi connectivity index (χ0v) is 13.1. The number of nitrogens with one attached hydrogen (secondary N) is 1. The molecule has 3 N–H and O–H groups in total. The topological polar surface area (TPSA) is 81.4 Å². The summed E-state index contributed by atoms with van der Waals surface area (Å²) in [6.07, 6.45) is 0. The normalized spacial score (nSPS) is 12.7. The Morgan fingerprint density at radius 3 is 2.55 bits per heavy atom. The third-order valence-electron chi connectivity index (χ3n) is 2.50. The molecule has 0 saturated carbocycles. The predicted octanol–water partition coefficient (Wildman–Crippen LogP) is 1.64. The number of hydrogen-bond donors (Lipinski definition) is 2. The summed E-state index contributed by atoms with van der Waals surface area (Å²) in [5.41, 5.74) is 4.53. The van der Waals surface area contributed by atoms with Crippen molar-refractivity contribution in [2.75, 3.05) is 13.7 Å². The third-order valence-corrected chi connectivity index (χ3v) is 4.42. The minimum Gasteiger partial charge on any atom is -0.383 e. The van der Waals surface area contributed by atoms with Crippen LogP contribution in [0.5, 0.6) is 0 Å². The molecule has 0 aliphatic carbocycles. The standard InChI is InChI=1S/C12H18ClFN2O3S/c1-12(2,7-19-3)16-20(17,18)10-5-9(13)4-8(6-15)11(10)14/h4-5,16H,6-7,15H2,1-3H3. The first kappa shape index (κ1) is 17.3. The molecular formula is C12H18ClFN2O3S. The minimum absolute atomic E-state index is 0.0439. The van der Waals surface area contributed by atoms with Gasteiger partial charge < -0.3 is 10.5 Å². The second-order valence-corrected chi connectivity index (χ2v) is 7.09. The zero-order valence-electron chi connectivity index (χ0n) is 11.5. The van der Waals surface area contributed by atoms with Crippen molar-refractivity contribution >= 4 is 21.6 Å². The van der Waals surface area contributed by atoms with Crippen LogP contribution in [0.2, 0.25) is 5.02 Å². The van der Waals surface area contributed by atoms with Crippen LogP contribution in [0.15, 0.2) is 17.0 Å². The van der Waals surface area contributed by atoms with Gasteiger partial charge in [-0.15, -0.1) is 0 Å². The van der Waals surface area contributed by atoms with Crippen LogP contribution in [-0.2, 0) is 21.3 Å². The largest absolute Gasteiger partial charge is 0.383 e. The number of sulfonamides is 1. The molecule has 0 heterocycles. The lowest BCUT2D eigenvalue weighted by molar-refractivity contribution is 0.141. The Hall–Kier alpha value is -0.730. The van der Waals surface area contributed by atoms with Crippen LogP contribution < -0.4 is 10.5 Å². The lowest BCUT2D eigenvalue weighted by atomic mass is 10.1. The van der Waals surface area contributed by atoms with E-state index in [9.17, 15) is 12.8 Å². The van der Waals surface area contributed by atoms with E-state index in [0.717, 1.165) is 6.07 Å². The zero-order chi connectivity index (χ0) is 15.6. The van der Waals surface area contributed by atoms with E-state index in [1.54, 1.807) is 13.8 Å². The molecule has 0 spiro atoms. The highest BCUT2D eigenvalue weighted by Gasteiger charge is 2.29. The molecule has 8 heteroatoms. The van der Waals surface area contributed by atoms with Gasteiger partial charge in [-0.05, 0) is 26.0 Å². The van der Waals surface area contributed by atoms with Crippen molar-refractivity contribution in [3.8, 4) is 0 Å². The van der Waals surface area contributed by atoms with Crippen LogP contribution >= 0.6 is 11.6 Å². The molecule has 1 rings (SSSR count). The van der Waals surface area contributed by atoms with Crippen molar-refractivity contribution in [1.29, 1.82) is 0 Å². The minimum atomic E-state index is -4.07. The molecule has 20 heavy (non-hydrogen) atoms. The Labute approximate surface area is 123 Å². The highest BCUT2D eigenvalue weighted by Crippen LogP contribution is 2.24. The van der Waals surface area contributed by atoms with E-state index in [-0.39, 0.29) is 23.7 Å². The number of halogens is 2. The fraction of sp³-hybridized carbons (Fsp3) is 0.500. The lowest BCUT2D eigenvalue weighted by Gasteiger charge is -2.25. The van der Waals surface area contributed by atoms with Gasteiger partial charge in [0.05, 0.1) is 12.1 Å². The molecule has 0 unspecified atom stereocenters. The van der Waals surface area contributed by atoms with Crippen molar-refractivity contribution in [2.45, 2.75) is 30.8 Å². The number of benzene rings is 1. The molecule has 0 fully saturated rings. The van der Waals surface area contributed by atoms with E-state index in [2.05, 4.69) is 4.72 Å². The number of ether oxygens (including phenoxy) is 1. The van der Waals surface area contributed by atoms with Crippen LogP contribution in [0.25, 0.3) is 0 Å². The smallest absolute Gasteiger partial charge is 0.244 e. The molecule has 1 aromatic rings. The van der Waals surface area contributed by atoms with Gasteiger partial charge in [0.2, 0.25) is 10.0 Å². The summed E-state index contributed by atoms with van der Waals surface area (Å²) in [6, 6.07) is 2.36. The van der Waals surface area contributed by atoms with E-state index < -0.39 is 26.3 Å². The summed E-state index contributed by atoms with van der Waals surface area (Å²) in [5, 5.41) is 0.108. The maximum atomic E-state index is 14.1. The number of hydrogen-bond acceptors (Lipinski definition) is 4. The molecule has 0 bridgehead atoms. The first-order valence-corrected chi connectivity index (χ1v) is 7.70. The summed E-state index contributed by atoms with van der Waals surface area (Å²) < 4.78 is 45.9. The average Bonchev–Trinajstić information content (AvgIpc) is 2.29. The first-order chi connectivity index (χ1) is 9.13. The van der Waals surface area contributed by atoms with Crippen molar-refractivity contribution < 1.29 is 17.5 Å². The van der Waals surface area contributed by atoms with Crippen LogP contribution in [0.1, 0.15) is 19.4 Å². The molecule has 0 radical (unpaired) electrons. The second-order valence-electron chi connectivity index (χ2n) is 5.00. The van der Waals surface area contributed by atoms with Crippen molar-refractivity contribution in [3.05, 3.63) is 28.5 Å². The maximum Gasteiger partial charge on any atom is 0.244 e. The monoisotopic (exact) mass is 324 g/mol.